The maximum absolute atomic E-state index is 12.6. The lowest BCUT2D eigenvalue weighted by molar-refractivity contribution is -0.132. The summed E-state index contributed by atoms with van der Waals surface area (Å²) < 4.78 is 0. The van der Waals surface area contributed by atoms with Gasteiger partial charge >= 0.3 is 0 Å². The first-order valence-electron chi connectivity index (χ1n) is 9.54. The number of anilines is 2. The summed E-state index contributed by atoms with van der Waals surface area (Å²) in [6, 6.07) is 7.88. The van der Waals surface area contributed by atoms with Gasteiger partial charge in [-0.3, -0.25) is 9.59 Å². The molecule has 0 aromatic heterocycles. The minimum atomic E-state index is -0.0643. The number of hydrogen-bond acceptors (Lipinski definition) is 3. The Bertz CT molecular complexity index is 611. The van der Waals surface area contributed by atoms with Crippen LogP contribution in [-0.4, -0.2) is 42.9 Å². The van der Waals surface area contributed by atoms with E-state index in [0.29, 0.717) is 12.3 Å². The first-order chi connectivity index (χ1) is 12.1. The quantitative estimate of drug-likeness (QED) is 0.871. The molecule has 1 aliphatic rings. The van der Waals surface area contributed by atoms with Crippen molar-refractivity contribution in [2.75, 3.05) is 36.4 Å². The standard InChI is InChI=1S/C21H33N3O2/c1-16(15-21(3,4)5)14-20(26)24-12-10-23(11-13-24)19-8-6-18(7-9-19)22-17(2)25/h6-9,16H,10-15H2,1-5H3,(H,22,25). The molecule has 5 nitrogen and oxygen atoms in total. The van der Waals surface area contributed by atoms with Crippen molar-refractivity contribution in [2.24, 2.45) is 11.3 Å². The van der Waals surface area contributed by atoms with Crippen LogP contribution in [0.4, 0.5) is 11.4 Å². The van der Waals surface area contributed by atoms with E-state index >= 15 is 0 Å². The van der Waals surface area contributed by atoms with E-state index in [1.165, 1.54) is 6.92 Å². The molecule has 1 aliphatic heterocycles. The van der Waals surface area contributed by atoms with Crippen LogP contribution < -0.4 is 10.2 Å². The Labute approximate surface area is 157 Å². The van der Waals surface area contributed by atoms with Crippen molar-refractivity contribution in [1.29, 1.82) is 0 Å². The molecule has 1 aromatic carbocycles. The summed E-state index contributed by atoms with van der Waals surface area (Å²) in [6.45, 7) is 13.6. The second-order valence-electron chi connectivity index (χ2n) is 8.67. The predicted octanol–water partition coefficient (Wildman–Crippen LogP) is 3.76. The molecule has 2 rings (SSSR count). The fraction of sp³-hybridized carbons (Fsp3) is 0.619. The first-order valence-corrected chi connectivity index (χ1v) is 9.54. The van der Waals surface area contributed by atoms with Crippen LogP contribution in [0.25, 0.3) is 0 Å². The van der Waals surface area contributed by atoms with Crippen LogP contribution in [0, 0.1) is 11.3 Å². The van der Waals surface area contributed by atoms with E-state index in [4.69, 9.17) is 0 Å². The minimum Gasteiger partial charge on any atom is -0.368 e. The Morgan fingerprint density at radius 3 is 2.15 bits per heavy atom. The molecule has 1 N–H and O–H groups in total. The first kappa shape index (κ1) is 20.3. The lowest BCUT2D eigenvalue weighted by atomic mass is 9.84. The highest BCUT2D eigenvalue weighted by Gasteiger charge is 2.24. The summed E-state index contributed by atoms with van der Waals surface area (Å²) in [6.07, 6.45) is 1.71. The van der Waals surface area contributed by atoms with Gasteiger partial charge in [-0.2, -0.15) is 0 Å². The minimum absolute atomic E-state index is 0.0643. The Morgan fingerprint density at radius 1 is 1.08 bits per heavy atom. The number of rotatable bonds is 5. The molecule has 0 saturated carbocycles. The van der Waals surface area contributed by atoms with Gasteiger partial charge in [-0.25, -0.2) is 0 Å². The van der Waals surface area contributed by atoms with Crippen LogP contribution in [0.1, 0.15) is 47.5 Å². The molecular formula is C21H33N3O2. The van der Waals surface area contributed by atoms with Crippen LogP contribution in [0.2, 0.25) is 0 Å². The smallest absolute Gasteiger partial charge is 0.222 e. The Balaban J connectivity index is 1.82. The van der Waals surface area contributed by atoms with Crippen LogP contribution >= 0.6 is 0 Å². The third-order valence-electron chi connectivity index (χ3n) is 4.67. The van der Waals surface area contributed by atoms with Gasteiger partial charge in [0.2, 0.25) is 11.8 Å². The van der Waals surface area contributed by atoms with Gasteiger partial charge in [0.25, 0.3) is 0 Å². The molecule has 0 bridgehead atoms. The monoisotopic (exact) mass is 359 g/mol. The Kier molecular flexibility index (Phi) is 6.68. The zero-order chi connectivity index (χ0) is 19.3. The summed E-state index contributed by atoms with van der Waals surface area (Å²) in [5.74, 6) is 0.634. The fourth-order valence-electron chi connectivity index (χ4n) is 3.72. The molecule has 1 fully saturated rings. The van der Waals surface area contributed by atoms with Crippen LogP contribution in [0.15, 0.2) is 24.3 Å². The van der Waals surface area contributed by atoms with E-state index in [-0.39, 0.29) is 17.2 Å². The number of amides is 2. The number of carbonyl (C=O) groups excluding carboxylic acids is 2. The van der Waals surface area contributed by atoms with E-state index < -0.39 is 0 Å². The maximum Gasteiger partial charge on any atom is 0.222 e. The van der Waals surface area contributed by atoms with Gasteiger partial charge in [-0.15, -0.1) is 0 Å². The SMILES string of the molecule is CC(=O)Nc1ccc(N2CCN(C(=O)CC(C)CC(C)(C)C)CC2)cc1. The molecule has 1 saturated heterocycles. The van der Waals surface area contributed by atoms with Crippen LogP contribution in [-0.2, 0) is 9.59 Å². The summed E-state index contributed by atoms with van der Waals surface area (Å²) in [5.41, 5.74) is 2.21. The van der Waals surface area contributed by atoms with E-state index in [0.717, 1.165) is 44.0 Å². The Morgan fingerprint density at radius 2 is 1.65 bits per heavy atom. The van der Waals surface area contributed by atoms with E-state index in [9.17, 15) is 9.59 Å². The van der Waals surface area contributed by atoms with E-state index in [1.807, 2.05) is 29.2 Å². The van der Waals surface area contributed by atoms with E-state index in [1.54, 1.807) is 0 Å². The van der Waals surface area contributed by atoms with Gasteiger partial charge < -0.3 is 15.1 Å². The predicted molar refractivity (Wildman–Crippen MR) is 107 cm³/mol. The third kappa shape index (κ3) is 6.36. The molecule has 0 spiro atoms. The average molecular weight is 360 g/mol. The van der Waals surface area contributed by atoms with Gasteiger partial charge in [0.05, 0.1) is 0 Å². The molecule has 0 radical (unpaired) electrons. The zero-order valence-electron chi connectivity index (χ0n) is 16.8. The van der Waals surface area contributed by atoms with Crippen molar-refractivity contribution in [1.82, 2.24) is 4.90 Å². The maximum atomic E-state index is 12.6. The molecule has 1 aromatic rings. The van der Waals surface area contributed by atoms with Crippen LogP contribution in [0.5, 0.6) is 0 Å². The molecule has 1 unspecified atom stereocenters. The lowest BCUT2D eigenvalue weighted by Gasteiger charge is -2.37. The second kappa shape index (κ2) is 8.56. The van der Waals surface area contributed by atoms with Crippen molar-refractivity contribution in [3.63, 3.8) is 0 Å². The molecule has 0 aliphatic carbocycles. The largest absolute Gasteiger partial charge is 0.368 e. The molecule has 1 atom stereocenters. The zero-order valence-corrected chi connectivity index (χ0v) is 16.8. The molecule has 1 heterocycles. The van der Waals surface area contributed by atoms with Gasteiger partial charge in [-0.05, 0) is 42.0 Å². The van der Waals surface area contributed by atoms with Gasteiger partial charge in [0, 0.05) is 50.9 Å². The average Bonchev–Trinajstić information content (AvgIpc) is 2.53. The number of nitrogens with zero attached hydrogens (tertiary/aromatic N) is 2. The third-order valence-corrected chi connectivity index (χ3v) is 4.67. The summed E-state index contributed by atoms with van der Waals surface area (Å²) in [4.78, 5) is 27.9. The van der Waals surface area contributed by atoms with Crippen molar-refractivity contribution in [3.05, 3.63) is 24.3 Å². The molecule has 26 heavy (non-hydrogen) atoms. The normalized spacial score (nSPS) is 16.3. The summed E-state index contributed by atoms with van der Waals surface area (Å²) in [7, 11) is 0. The van der Waals surface area contributed by atoms with Crippen molar-refractivity contribution in [3.8, 4) is 0 Å². The van der Waals surface area contributed by atoms with Gasteiger partial charge in [0.1, 0.15) is 0 Å². The highest BCUT2D eigenvalue weighted by molar-refractivity contribution is 5.88. The number of hydrogen-bond donors (Lipinski definition) is 1. The molecule has 144 valence electrons. The number of benzene rings is 1. The van der Waals surface area contributed by atoms with Crippen molar-refractivity contribution < 1.29 is 9.59 Å². The number of nitrogens with one attached hydrogen (secondary N) is 1. The highest BCUT2D eigenvalue weighted by Crippen LogP contribution is 2.26. The molecule has 2 amide bonds. The summed E-state index contributed by atoms with van der Waals surface area (Å²) >= 11 is 0. The van der Waals surface area contributed by atoms with Crippen molar-refractivity contribution >= 4 is 23.2 Å². The number of piperazine rings is 1. The lowest BCUT2D eigenvalue weighted by Crippen LogP contribution is -2.49. The van der Waals surface area contributed by atoms with Crippen LogP contribution in [0.3, 0.4) is 0 Å². The topological polar surface area (TPSA) is 52.7 Å². The van der Waals surface area contributed by atoms with Gasteiger partial charge in [0.15, 0.2) is 0 Å². The van der Waals surface area contributed by atoms with E-state index in [2.05, 4.69) is 37.9 Å². The fourth-order valence-corrected chi connectivity index (χ4v) is 3.72. The van der Waals surface area contributed by atoms with Crippen molar-refractivity contribution in [2.45, 2.75) is 47.5 Å². The number of carbonyl (C=O) groups is 2. The second-order valence-corrected chi connectivity index (χ2v) is 8.67. The highest BCUT2D eigenvalue weighted by atomic mass is 16.2. The molecule has 5 heteroatoms. The van der Waals surface area contributed by atoms with Gasteiger partial charge in [-0.1, -0.05) is 27.7 Å². The Hall–Kier alpha value is -2.04. The summed E-state index contributed by atoms with van der Waals surface area (Å²) in [5, 5.41) is 2.78. The molecular weight excluding hydrogens is 326 g/mol.